The molecule has 134 valence electrons. The fourth-order valence-corrected chi connectivity index (χ4v) is 7.74. The molecule has 4 fully saturated rings. The summed E-state index contributed by atoms with van der Waals surface area (Å²) in [4.78, 5) is 0. The van der Waals surface area contributed by atoms with Crippen LogP contribution in [0.25, 0.3) is 0 Å². The average Bonchev–Trinajstić information content (AvgIpc) is 2.90. The minimum Gasteiger partial charge on any atom is -0.393 e. The summed E-state index contributed by atoms with van der Waals surface area (Å²) in [6.07, 6.45) is 11.3. The van der Waals surface area contributed by atoms with E-state index in [2.05, 4.69) is 25.2 Å². The first-order valence-corrected chi connectivity index (χ1v) is 10.3. The van der Waals surface area contributed by atoms with E-state index < -0.39 is 0 Å². The molecule has 0 heterocycles. The monoisotopic (exact) mass is 330 g/mol. The standard InChI is InChI=1S/C21H34N2O/c1-20-9-7-15(24)13-14(20)3-4-16-17-5-6-19(23-12-11-22)21(17,2)10-8-18(16)20/h14-19,23-24H,3-10,12-13H2,1-2H3/t14-,15+,16-,17-,18-,19+,20-,21-/m0/s1. The van der Waals surface area contributed by atoms with Gasteiger partial charge in [0.25, 0.3) is 0 Å². The van der Waals surface area contributed by atoms with E-state index in [4.69, 9.17) is 5.26 Å². The molecular formula is C21H34N2O. The van der Waals surface area contributed by atoms with Crippen molar-refractivity contribution in [2.45, 2.75) is 83.8 Å². The molecule has 8 atom stereocenters. The number of nitriles is 1. The lowest BCUT2D eigenvalue weighted by Crippen LogP contribution is -2.55. The Balaban J connectivity index is 1.55. The van der Waals surface area contributed by atoms with Crippen LogP contribution in [0.3, 0.4) is 0 Å². The van der Waals surface area contributed by atoms with E-state index in [1.807, 2.05) is 0 Å². The Kier molecular flexibility index (Phi) is 4.21. The van der Waals surface area contributed by atoms with Crippen LogP contribution in [-0.2, 0) is 0 Å². The van der Waals surface area contributed by atoms with E-state index in [-0.39, 0.29) is 6.10 Å². The second-order valence-electron chi connectivity index (χ2n) is 9.80. The van der Waals surface area contributed by atoms with Gasteiger partial charge in [-0.3, -0.25) is 0 Å². The third kappa shape index (κ3) is 2.36. The average molecular weight is 331 g/mol. The van der Waals surface area contributed by atoms with Crippen molar-refractivity contribution >= 4 is 0 Å². The zero-order chi connectivity index (χ0) is 16.9. The highest BCUT2D eigenvalue weighted by Gasteiger charge is 2.59. The van der Waals surface area contributed by atoms with E-state index in [1.165, 1.54) is 44.9 Å². The fourth-order valence-electron chi connectivity index (χ4n) is 7.74. The summed E-state index contributed by atoms with van der Waals surface area (Å²) in [6, 6.07) is 2.82. The molecule has 4 rings (SSSR count). The van der Waals surface area contributed by atoms with Gasteiger partial charge in [-0.15, -0.1) is 0 Å². The molecule has 0 radical (unpaired) electrons. The van der Waals surface area contributed by atoms with Gasteiger partial charge >= 0.3 is 0 Å². The summed E-state index contributed by atoms with van der Waals surface area (Å²) in [5.41, 5.74) is 0.872. The Hall–Kier alpha value is -0.590. The molecule has 0 aliphatic heterocycles. The minimum atomic E-state index is -0.0421. The van der Waals surface area contributed by atoms with Crippen LogP contribution in [0.1, 0.15) is 71.6 Å². The van der Waals surface area contributed by atoms with E-state index in [0.717, 1.165) is 36.5 Å². The first-order valence-electron chi connectivity index (χ1n) is 10.3. The Morgan fingerprint density at radius 3 is 2.54 bits per heavy atom. The zero-order valence-corrected chi connectivity index (χ0v) is 15.4. The van der Waals surface area contributed by atoms with E-state index in [0.29, 0.717) is 23.4 Å². The summed E-state index contributed by atoms with van der Waals surface area (Å²) in [5, 5.41) is 22.6. The molecule has 0 spiro atoms. The number of hydrogen-bond acceptors (Lipinski definition) is 3. The van der Waals surface area contributed by atoms with Crippen LogP contribution in [0.15, 0.2) is 0 Å². The predicted molar refractivity (Wildman–Crippen MR) is 95.1 cm³/mol. The maximum Gasteiger partial charge on any atom is 0.0843 e. The van der Waals surface area contributed by atoms with E-state index >= 15 is 0 Å². The molecule has 0 unspecified atom stereocenters. The molecule has 2 N–H and O–H groups in total. The van der Waals surface area contributed by atoms with Crippen molar-refractivity contribution in [3.8, 4) is 6.07 Å². The molecule has 0 saturated heterocycles. The molecule has 24 heavy (non-hydrogen) atoms. The van der Waals surface area contributed by atoms with Crippen LogP contribution in [0.5, 0.6) is 0 Å². The van der Waals surface area contributed by atoms with Crippen LogP contribution in [0, 0.1) is 45.8 Å². The number of nitrogens with one attached hydrogen (secondary N) is 1. The van der Waals surface area contributed by atoms with Gasteiger partial charge in [0.1, 0.15) is 0 Å². The Labute approximate surface area is 147 Å². The normalized spacial score (nSPS) is 53.6. The van der Waals surface area contributed by atoms with Crippen LogP contribution in [0.2, 0.25) is 0 Å². The lowest BCUT2D eigenvalue weighted by Gasteiger charge is -2.61. The number of rotatable bonds is 2. The molecule has 3 heteroatoms. The van der Waals surface area contributed by atoms with Gasteiger partial charge in [0.2, 0.25) is 0 Å². The van der Waals surface area contributed by atoms with Gasteiger partial charge in [-0.25, -0.2) is 0 Å². The summed E-state index contributed by atoms with van der Waals surface area (Å²) >= 11 is 0. The van der Waals surface area contributed by atoms with Gasteiger partial charge < -0.3 is 10.4 Å². The number of aliphatic hydroxyl groups excluding tert-OH is 1. The van der Waals surface area contributed by atoms with Crippen LogP contribution in [-0.4, -0.2) is 23.8 Å². The van der Waals surface area contributed by atoms with Gasteiger partial charge in [-0.1, -0.05) is 13.8 Å². The third-order valence-electron chi connectivity index (χ3n) is 9.07. The quantitative estimate of drug-likeness (QED) is 0.756. The molecule has 4 aliphatic rings. The van der Waals surface area contributed by atoms with Crippen molar-refractivity contribution in [1.82, 2.24) is 5.32 Å². The van der Waals surface area contributed by atoms with Crippen molar-refractivity contribution in [3.63, 3.8) is 0 Å². The van der Waals surface area contributed by atoms with Gasteiger partial charge in [-0.05, 0) is 92.3 Å². The van der Waals surface area contributed by atoms with Crippen LogP contribution in [0.4, 0.5) is 0 Å². The van der Waals surface area contributed by atoms with Gasteiger partial charge in [-0.2, -0.15) is 5.26 Å². The van der Waals surface area contributed by atoms with Gasteiger partial charge in [0.05, 0.1) is 18.7 Å². The number of hydrogen-bond donors (Lipinski definition) is 2. The zero-order valence-electron chi connectivity index (χ0n) is 15.4. The van der Waals surface area contributed by atoms with Gasteiger partial charge in [0.15, 0.2) is 0 Å². The van der Waals surface area contributed by atoms with Crippen LogP contribution < -0.4 is 5.32 Å². The van der Waals surface area contributed by atoms with Crippen LogP contribution >= 0.6 is 0 Å². The highest BCUT2D eigenvalue weighted by molar-refractivity contribution is 5.11. The van der Waals surface area contributed by atoms with Gasteiger partial charge in [0, 0.05) is 6.04 Å². The Morgan fingerprint density at radius 1 is 1.00 bits per heavy atom. The molecule has 0 aromatic rings. The second kappa shape index (κ2) is 5.99. The molecule has 0 aromatic heterocycles. The second-order valence-corrected chi connectivity index (χ2v) is 9.80. The first-order chi connectivity index (χ1) is 11.5. The summed E-state index contributed by atoms with van der Waals surface area (Å²) in [7, 11) is 0. The molecule has 4 aliphatic carbocycles. The van der Waals surface area contributed by atoms with Crippen molar-refractivity contribution in [2.24, 2.45) is 34.5 Å². The van der Waals surface area contributed by atoms with Crippen molar-refractivity contribution in [2.75, 3.05) is 6.54 Å². The maximum atomic E-state index is 10.1. The SMILES string of the molecule is C[C@]12CC[C@@H](O)C[C@@H]1CC[C@@H]1[C@@H]2CC[C@]2(C)[C@H](NCC#N)CC[C@@H]12. The lowest BCUT2D eigenvalue weighted by molar-refractivity contribution is -0.123. The highest BCUT2D eigenvalue weighted by Crippen LogP contribution is 2.66. The van der Waals surface area contributed by atoms with Crippen molar-refractivity contribution < 1.29 is 5.11 Å². The largest absolute Gasteiger partial charge is 0.393 e. The third-order valence-corrected chi connectivity index (χ3v) is 9.07. The topological polar surface area (TPSA) is 56.0 Å². The molecule has 0 amide bonds. The summed E-state index contributed by atoms with van der Waals surface area (Å²) < 4.78 is 0. The first kappa shape index (κ1) is 16.9. The van der Waals surface area contributed by atoms with E-state index in [1.54, 1.807) is 0 Å². The van der Waals surface area contributed by atoms with E-state index in [9.17, 15) is 5.11 Å². The molecule has 3 nitrogen and oxygen atoms in total. The highest BCUT2D eigenvalue weighted by atomic mass is 16.3. The van der Waals surface area contributed by atoms with Crippen molar-refractivity contribution in [3.05, 3.63) is 0 Å². The minimum absolute atomic E-state index is 0.0421. The predicted octanol–water partition coefficient (Wildman–Crippen LogP) is 3.87. The fraction of sp³-hybridized carbons (Fsp3) is 0.952. The number of nitrogens with zero attached hydrogens (tertiary/aromatic N) is 1. The maximum absolute atomic E-state index is 10.1. The van der Waals surface area contributed by atoms with Crippen molar-refractivity contribution in [1.29, 1.82) is 5.26 Å². The number of fused-ring (bicyclic) bond motifs is 5. The lowest BCUT2D eigenvalue weighted by atomic mass is 9.45. The Bertz CT molecular complexity index is 528. The smallest absolute Gasteiger partial charge is 0.0843 e. The summed E-state index contributed by atoms with van der Waals surface area (Å²) in [5.74, 6) is 3.35. The number of aliphatic hydroxyl groups is 1. The summed E-state index contributed by atoms with van der Waals surface area (Å²) in [6.45, 7) is 5.57. The molecule has 0 bridgehead atoms. The Morgan fingerprint density at radius 2 is 1.75 bits per heavy atom. The molecule has 0 aromatic carbocycles. The molecule has 4 saturated carbocycles. The molecular weight excluding hydrogens is 296 g/mol.